The van der Waals surface area contributed by atoms with Gasteiger partial charge in [0.2, 0.25) is 0 Å². The van der Waals surface area contributed by atoms with E-state index in [1.165, 1.54) is 18.4 Å². The molecule has 0 saturated heterocycles. The summed E-state index contributed by atoms with van der Waals surface area (Å²) in [6, 6.07) is 0. The third kappa shape index (κ3) is 2.34. The van der Waals surface area contributed by atoms with E-state index in [1.54, 1.807) is 0 Å². The van der Waals surface area contributed by atoms with Crippen LogP contribution in [0.3, 0.4) is 0 Å². The van der Waals surface area contributed by atoms with E-state index in [2.05, 4.69) is 30.7 Å². The fourth-order valence-corrected chi connectivity index (χ4v) is 1.50. The van der Waals surface area contributed by atoms with Crippen LogP contribution in [0.4, 0.5) is 0 Å². The summed E-state index contributed by atoms with van der Waals surface area (Å²) in [6.07, 6.45) is 0. The van der Waals surface area contributed by atoms with E-state index < -0.39 is 0 Å². The van der Waals surface area contributed by atoms with Crippen LogP contribution in [-0.4, -0.2) is 12.1 Å². The lowest BCUT2D eigenvalue weighted by molar-refractivity contribution is -0.282. The molecule has 0 aliphatic rings. The predicted octanol–water partition coefficient (Wildman–Crippen LogP) is 1.98. The van der Waals surface area contributed by atoms with Gasteiger partial charge in [-0.1, -0.05) is 0 Å². The van der Waals surface area contributed by atoms with Gasteiger partial charge in [-0.05, 0) is 15.9 Å². The van der Waals surface area contributed by atoms with Gasteiger partial charge in [0.05, 0.1) is 12.8 Å². The van der Waals surface area contributed by atoms with Crippen molar-refractivity contribution < 1.29 is 9.78 Å². The lowest BCUT2D eigenvalue weighted by Crippen LogP contribution is -1.90. The normalized spacial score (nSPS) is 10.2. The minimum Gasteiger partial charge on any atom is -0.240 e. The van der Waals surface area contributed by atoms with Gasteiger partial charge in [-0.25, -0.2) is 14.8 Å². The Kier molecular flexibility index (Phi) is 3.27. The summed E-state index contributed by atoms with van der Waals surface area (Å²) in [6.45, 7) is 0.401. The first-order chi connectivity index (χ1) is 4.83. The average molecular weight is 224 g/mol. The highest BCUT2D eigenvalue weighted by molar-refractivity contribution is 9.11. The zero-order valence-electron chi connectivity index (χ0n) is 5.33. The molecule has 0 aliphatic heterocycles. The Balaban J connectivity index is 2.42. The Bertz CT molecular complexity index is 203. The van der Waals surface area contributed by atoms with Gasteiger partial charge in [-0.15, -0.1) is 11.3 Å². The second kappa shape index (κ2) is 4.02. The Morgan fingerprint density at radius 3 is 3.10 bits per heavy atom. The molecule has 0 aliphatic carbocycles. The molecule has 3 nitrogen and oxygen atoms in total. The third-order valence-corrected chi connectivity index (χ3v) is 2.26. The van der Waals surface area contributed by atoms with Crippen LogP contribution in [0.15, 0.2) is 9.30 Å². The Labute approximate surface area is 71.0 Å². The van der Waals surface area contributed by atoms with Gasteiger partial charge >= 0.3 is 0 Å². The number of aromatic nitrogens is 1. The van der Waals surface area contributed by atoms with E-state index in [4.69, 9.17) is 0 Å². The number of rotatable bonds is 3. The number of hydrogen-bond donors (Lipinski definition) is 0. The smallest absolute Gasteiger partial charge is 0.159 e. The van der Waals surface area contributed by atoms with Crippen LogP contribution >= 0.6 is 27.3 Å². The molecular formula is C5H6BrNO2S. The summed E-state index contributed by atoms with van der Waals surface area (Å²) >= 11 is 4.76. The summed E-state index contributed by atoms with van der Waals surface area (Å²) in [4.78, 5) is 13.1. The van der Waals surface area contributed by atoms with Crippen molar-refractivity contribution in [3.05, 3.63) is 15.0 Å². The lowest BCUT2D eigenvalue weighted by atomic mass is 10.5. The molecule has 0 saturated carbocycles. The largest absolute Gasteiger partial charge is 0.240 e. The monoisotopic (exact) mass is 223 g/mol. The van der Waals surface area contributed by atoms with Crippen molar-refractivity contribution in [1.82, 2.24) is 4.98 Å². The molecule has 1 aromatic rings. The van der Waals surface area contributed by atoms with Gasteiger partial charge < -0.3 is 0 Å². The minimum atomic E-state index is 0.401. The number of hydrogen-bond acceptors (Lipinski definition) is 4. The van der Waals surface area contributed by atoms with Crippen molar-refractivity contribution in [2.24, 2.45) is 0 Å². The van der Waals surface area contributed by atoms with Crippen molar-refractivity contribution in [3.63, 3.8) is 0 Å². The highest BCUT2D eigenvalue weighted by atomic mass is 79.9. The van der Waals surface area contributed by atoms with Crippen LogP contribution in [0.1, 0.15) is 5.69 Å². The van der Waals surface area contributed by atoms with Crippen LogP contribution in [-0.2, 0) is 16.4 Å². The maximum absolute atomic E-state index is 4.66. The van der Waals surface area contributed by atoms with E-state index in [0.717, 1.165) is 9.61 Å². The van der Waals surface area contributed by atoms with E-state index in [9.17, 15) is 0 Å². The average Bonchev–Trinajstić information content (AvgIpc) is 2.31. The van der Waals surface area contributed by atoms with Crippen molar-refractivity contribution in [3.8, 4) is 0 Å². The SMILES string of the molecule is COOCc1csc(Br)n1. The van der Waals surface area contributed by atoms with Gasteiger partial charge in [-0.2, -0.15) is 0 Å². The van der Waals surface area contributed by atoms with Crippen molar-refractivity contribution >= 4 is 27.3 Å². The fraction of sp³-hybridized carbons (Fsp3) is 0.400. The summed E-state index contributed by atoms with van der Waals surface area (Å²) in [5.41, 5.74) is 0.874. The summed E-state index contributed by atoms with van der Waals surface area (Å²) < 4.78 is 0.863. The van der Waals surface area contributed by atoms with Crippen LogP contribution < -0.4 is 0 Å². The third-order valence-electron chi connectivity index (χ3n) is 0.848. The second-order valence-electron chi connectivity index (χ2n) is 1.52. The van der Waals surface area contributed by atoms with Crippen LogP contribution in [0.2, 0.25) is 0 Å². The van der Waals surface area contributed by atoms with Gasteiger partial charge in [0.25, 0.3) is 0 Å². The van der Waals surface area contributed by atoms with E-state index in [0.29, 0.717) is 6.61 Å². The molecule has 56 valence electrons. The van der Waals surface area contributed by atoms with E-state index in [1.807, 2.05) is 5.38 Å². The quantitative estimate of drug-likeness (QED) is 0.581. The molecule has 0 atom stereocenters. The molecule has 10 heavy (non-hydrogen) atoms. The first kappa shape index (κ1) is 8.13. The summed E-state index contributed by atoms with van der Waals surface area (Å²) in [5, 5.41) is 1.91. The van der Waals surface area contributed by atoms with Gasteiger partial charge in [-0.3, -0.25) is 0 Å². The topological polar surface area (TPSA) is 31.4 Å². The van der Waals surface area contributed by atoms with Gasteiger partial charge in [0, 0.05) is 5.38 Å². The number of thiazole rings is 1. The van der Waals surface area contributed by atoms with Gasteiger partial charge in [0.1, 0.15) is 6.61 Å². The van der Waals surface area contributed by atoms with Crippen LogP contribution in [0, 0.1) is 0 Å². The van der Waals surface area contributed by atoms with Gasteiger partial charge in [0.15, 0.2) is 3.92 Å². The molecule has 1 rings (SSSR count). The van der Waals surface area contributed by atoms with E-state index in [-0.39, 0.29) is 0 Å². The molecule has 0 N–H and O–H groups in total. The molecule has 0 fully saturated rings. The highest BCUT2D eigenvalue weighted by Crippen LogP contribution is 2.16. The minimum absolute atomic E-state index is 0.401. The molecule has 0 aromatic carbocycles. The summed E-state index contributed by atoms with van der Waals surface area (Å²) in [5.74, 6) is 0. The molecule has 0 bridgehead atoms. The Morgan fingerprint density at radius 2 is 2.60 bits per heavy atom. The Morgan fingerprint density at radius 1 is 1.80 bits per heavy atom. The lowest BCUT2D eigenvalue weighted by Gasteiger charge is -1.93. The second-order valence-corrected chi connectivity index (χ2v) is 3.65. The van der Waals surface area contributed by atoms with Crippen molar-refractivity contribution in [1.29, 1.82) is 0 Å². The Hall–Kier alpha value is 0.0300. The molecule has 1 aromatic heterocycles. The number of halogens is 1. The highest BCUT2D eigenvalue weighted by Gasteiger charge is 1.97. The first-order valence-corrected chi connectivity index (χ1v) is 4.25. The molecule has 0 amide bonds. The first-order valence-electron chi connectivity index (χ1n) is 2.58. The molecule has 0 unspecified atom stereocenters. The maximum Gasteiger partial charge on any atom is 0.159 e. The zero-order valence-corrected chi connectivity index (χ0v) is 7.74. The van der Waals surface area contributed by atoms with Crippen molar-refractivity contribution in [2.45, 2.75) is 6.61 Å². The molecular weight excluding hydrogens is 218 g/mol. The van der Waals surface area contributed by atoms with E-state index >= 15 is 0 Å². The number of nitrogens with zero attached hydrogens (tertiary/aromatic N) is 1. The molecule has 5 heteroatoms. The predicted molar refractivity (Wildman–Crippen MR) is 41.6 cm³/mol. The standard InChI is InChI=1S/C5H6BrNO2S/c1-8-9-2-4-3-10-5(6)7-4/h3H,2H2,1H3. The zero-order chi connectivity index (χ0) is 7.40. The summed E-state index contributed by atoms with van der Waals surface area (Å²) in [7, 11) is 1.47. The van der Waals surface area contributed by atoms with Crippen molar-refractivity contribution in [2.75, 3.05) is 7.11 Å². The van der Waals surface area contributed by atoms with Crippen LogP contribution in [0.5, 0.6) is 0 Å². The molecule has 0 radical (unpaired) electrons. The fourth-order valence-electron chi connectivity index (χ4n) is 0.468. The molecule has 0 spiro atoms. The van der Waals surface area contributed by atoms with Crippen LogP contribution in [0.25, 0.3) is 0 Å². The molecule has 1 heterocycles. The maximum atomic E-state index is 4.66.